The smallest absolute Gasteiger partial charge is 0.222 e. The second-order valence-electron chi connectivity index (χ2n) is 8.84. The van der Waals surface area contributed by atoms with E-state index in [9.17, 15) is 15.0 Å². The van der Waals surface area contributed by atoms with Gasteiger partial charge in [0, 0.05) is 38.5 Å². The maximum Gasteiger partial charge on any atom is 0.222 e. The normalized spacial score (nSPS) is 21.7. The largest absolute Gasteiger partial charge is 0.508 e. The maximum atomic E-state index is 12.9. The van der Waals surface area contributed by atoms with Crippen LogP contribution in [0.1, 0.15) is 37.9 Å². The number of phenols is 1. The summed E-state index contributed by atoms with van der Waals surface area (Å²) in [6.45, 7) is 6.74. The fourth-order valence-corrected chi connectivity index (χ4v) is 3.98. The predicted octanol–water partition coefficient (Wildman–Crippen LogP) is 1.64. The minimum absolute atomic E-state index is 0.0363. The summed E-state index contributed by atoms with van der Waals surface area (Å²) in [6, 6.07) is 6.93. The highest BCUT2D eigenvalue weighted by molar-refractivity contribution is 5.76. The predicted molar refractivity (Wildman–Crippen MR) is 120 cm³/mol. The molecule has 0 saturated carbocycles. The lowest BCUT2D eigenvalue weighted by atomic mass is 10.0. The van der Waals surface area contributed by atoms with Gasteiger partial charge in [-0.2, -0.15) is 0 Å². The quantitative estimate of drug-likeness (QED) is 0.697. The summed E-state index contributed by atoms with van der Waals surface area (Å²) >= 11 is 0. The van der Waals surface area contributed by atoms with Gasteiger partial charge >= 0.3 is 0 Å². The van der Waals surface area contributed by atoms with Crippen molar-refractivity contribution >= 4 is 5.91 Å². The fourth-order valence-electron chi connectivity index (χ4n) is 3.98. The second-order valence-corrected chi connectivity index (χ2v) is 8.84. The number of aliphatic hydroxyl groups is 1. The molecule has 2 aromatic rings. The minimum Gasteiger partial charge on any atom is -0.508 e. The summed E-state index contributed by atoms with van der Waals surface area (Å²) in [5, 5.41) is 27.6. The van der Waals surface area contributed by atoms with Crippen molar-refractivity contribution in [1.82, 2.24) is 24.8 Å². The van der Waals surface area contributed by atoms with E-state index in [-0.39, 0.29) is 36.3 Å². The molecule has 3 atom stereocenters. The van der Waals surface area contributed by atoms with Crippen molar-refractivity contribution in [3.8, 4) is 5.75 Å². The van der Waals surface area contributed by atoms with Gasteiger partial charge in [0.25, 0.3) is 0 Å². The first-order valence-corrected chi connectivity index (χ1v) is 11.2. The van der Waals surface area contributed by atoms with Crippen molar-refractivity contribution in [2.75, 3.05) is 26.7 Å². The van der Waals surface area contributed by atoms with Gasteiger partial charge in [0.15, 0.2) is 0 Å². The van der Waals surface area contributed by atoms with Gasteiger partial charge in [-0.25, -0.2) is 0 Å². The van der Waals surface area contributed by atoms with Gasteiger partial charge < -0.3 is 19.8 Å². The Morgan fingerprint density at radius 2 is 2.06 bits per heavy atom. The topological polar surface area (TPSA) is 104 Å². The van der Waals surface area contributed by atoms with Crippen LogP contribution in [-0.2, 0) is 29.2 Å². The van der Waals surface area contributed by atoms with Crippen LogP contribution in [-0.4, -0.2) is 79.8 Å². The number of carbonyl (C=O) groups is 1. The molecule has 176 valence electrons. The molecule has 0 fully saturated rings. The van der Waals surface area contributed by atoms with Crippen molar-refractivity contribution in [3.05, 3.63) is 41.7 Å². The first kappa shape index (κ1) is 24.2. The molecule has 0 radical (unpaired) electrons. The van der Waals surface area contributed by atoms with E-state index in [1.165, 1.54) is 0 Å². The van der Waals surface area contributed by atoms with E-state index < -0.39 is 0 Å². The molecule has 0 aliphatic carbocycles. The second kappa shape index (κ2) is 11.4. The Hall–Kier alpha value is -2.49. The van der Waals surface area contributed by atoms with Crippen molar-refractivity contribution in [2.45, 2.75) is 58.5 Å². The van der Waals surface area contributed by atoms with Crippen LogP contribution in [0.15, 0.2) is 30.5 Å². The number of aromatic hydroxyl groups is 1. The highest BCUT2D eigenvalue weighted by Crippen LogP contribution is 2.18. The van der Waals surface area contributed by atoms with Crippen LogP contribution in [0.5, 0.6) is 5.75 Å². The Bertz CT molecular complexity index is 856. The number of aromatic nitrogens is 3. The molecule has 2 N–H and O–H groups in total. The SMILES string of the molecule is C[C@@H]1CN([C@H](C)CO)C(=O)CCCn2cc(nn2)CO[C@@H]1CN(C)Cc1ccc(O)cc1. The molecule has 0 spiro atoms. The van der Waals surface area contributed by atoms with Gasteiger partial charge in [-0.05, 0) is 38.1 Å². The highest BCUT2D eigenvalue weighted by atomic mass is 16.5. The summed E-state index contributed by atoms with van der Waals surface area (Å²) in [5.41, 5.74) is 1.87. The average Bonchev–Trinajstić information content (AvgIpc) is 3.23. The Morgan fingerprint density at radius 3 is 2.78 bits per heavy atom. The summed E-state index contributed by atoms with van der Waals surface area (Å²) in [4.78, 5) is 16.9. The Kier molecular flexibility index (Phi) is 8.60. The maximum absolute atomic E-state index is 12.9. The molecule has 3 rings (SSSR count). The molecule has 1 aliphatic rings. The van der Waals surface area contributed by atoms with Gasteiger partial charge in [-0.15, -0.1) is 5.10 Å². The number of aryl methyl sites for hydroxylation is 1. The van der Waals surface area contributed by atoms with Gasteiger partial charge in [-0.1, -0.05) is 24.3 Å². The summed E-state index contributed by atoms with van der Waals surface area (Å²) < 4.78 is 8.04. The molecule has 2 bridgehead atoms. The van der Waals surface area contributed by atoms with E-state index in [1.807, 2.05) is 32.3 Å². The van der Waals surface area contributed by atoms with Crippen molar-refractivity contribution in [1.29, 1.82) is 0 Å². The molecule has 9 heteroatoms. The number of ether oxygens (including phenoxy) is 1. The van der Waals surface area contributed by atoms with Crippen molar-refractivity contribution < 1.29 is 19.7 Å². The zero-order valence-corrected chi connectivity index (χ0v) is 19.2. The third kappa shape index (κ3) is 6.75. The lowest BCUT2D eigenvalue weighted by molar-refractivity contribution is -0.136. The van der Waals surface area contributed by atoms with Gasteiger partial charge in [0.2, 0.25) is 5.91 Å². The Balaban J connectivity index is 1.75. The first-order valence-electron chi connectivity index (χ1n) is 11.2. The number of aliphatic hydroxyl groups excluding tert-OH is 1. The highest BCUT2D eigenvalue weighted by Gasteiger charge is 2.28. The molecule has 1 aromatic carbocycles. The number of carbonyl (C=O) groups excluding carboxylic acids is 1. The minimum atomic E-state index is -0.247. The third-order valence-electron chi connectivity index (χ3n) is 5.93. The number of likely N-dealkylation sites (N-methyl/N-ethyl adjacent to an activating group) is 1. The number of rotatable bonds is 6. The van der Waals surface area contributed by atoms with Crippen LogP contribution >= 0.6 is 0 Å². The van der Waals surface area contributed by atoms with Crippen LogP contribution in [0, 0.1) is 5.92 Å². The van der Waals surface area contributed by atoms with Crippen LogP contribution in [0.4, 0.5) is 0 Å². The molecular formula is C23H35N5O4. The molecule has 9 nitrogen and oxygen atoms in total. The summed E-state index contributed by atoms with van der Waals surface area (Å²) in [5.74, 6) is 0.333. The van der Waals surface area contributed by atoms with Gasteiger partial charge in [-0.3, -0.25) is 14.4 Å². The van der Waals surface area contributed by atoms with E-state index in [0.29, 0.717) is 45.6 Å². The summed E-state index contributed by atoms with van der Waals surface area (Å²) in [6.07, 6.45) is 2.80. The first-order chi connectivity index (χ1) is 15.4. The van der Waals surface area contributed by atoms with Crippen LogP contribution in [0.3, 0.4) is 0 Å². The molecule has 0 saturated heterocycles. The van der Waals surface area contributed by atoms with Crippen LogP contribution < -0.4 is 0 Å². The fraction of sp³-hybridized carbons (Fsp3) is 0.609. The summed E-state index contributed by atoms with van der Waals surface area (Å²) in [7, 11) is 2.03. The number of hydrogen-bond donors (Lipinski definition) is 2. The number of benzene rings is 1. The standard InChI is InChI=1S/C23H35N5O4/c1-17-11-28(18(2)15-29)23(31)5-4-10-27-13-20(24-25-27)16-32-22(17)14-26(3)12-19-6-8-21(30)9-7-19/h6-9,13,17-18,22,29-30H,4-5,10-12,14-16H2,1-3H3/t17-,18-,22-/m1/s1. The van der Waals surface area contributed by atoms with Crippen LogP contribution in [0.2, 0.25) is 0 Å². The zero-order chi connectivity index (χ0) is 23.1. The molecule has 32 heavy (non-hydrogen) atoms. The molecule has 1 aromatic heterocycles. The molecule has 2 heterocycles. The van der Waals surface area contributed by atoms with Gasteiger partial charge in [0.1, 0.15) is 11.4 Å². The number of nitrogens with zero attached hydrogens (tertiary/aromatic N) is 5. The molecule has 1 amide bonds. The Morgan fingerprint density at radius 1 is 1.31 bits per heavy atom. The lowest BCUT2D eigenvalue weighted by Gasteiger charge is -2.35. The number of phenolic OH excluding ortho intramolecular Hbond substituents is 1. The number of fused-ring (bicyclic) bond motifs is 2. The average molecular weight is 446 g/mol. The van der Waals surface area contributed by atoms with E-state index in [0.717, 1.165) is 11.3 Å². The third-order valence-corrected chi connectivity index (χ3v) is 5.93. The molecule has 0 unspecified atom stereocenters. The van der Waals surface area contributed by atoms with E-state index >= 15 is 0 Å². The number of amides is 1. The monoisotopic (exact) mass is 445 g/mol. The molecular weight excluding hydrogens is 410 g/mol. The lowest BCUT2D eigenvalue weighted by Crippen LogP contribution is -2.47. The van der Waals surface area contributed by atoms with Crippen molar-refractivity contribution in [3.63, 3.8) is 0 Å². The zero-order valence-electron chi connectivity index (χ0n) is 19.2. The van der Waals surface area contributed by atoms with E-state index in [1.54, 1.807) is 21.7 Å². The van der Waals surface area contributed by atoms with Crippen molar-refractivity contribution in [2.24, 2.45) is 5.92 Å². The Labute approximate surface area is 189 Å². The molecule has 1 aliphatic heterocycles. The van der Waals surface area contributed by atoms with E-state index in [4.69, 9.17) is 4.74 Å². The van der Waals surface area contributed by atoms with Crippen LogP contribution in [0.25, 0.3) is 0 Å². The van der Waals surface area contributed by atoms with Gasteiger partial charge in [0.05, 0.1) is 31.6 Å². The van der Waals surface area contributed by atoms with E-state index in [2.05, 4.69) is 22.1 Å². The number of hydrogen-bond acceptors (Lipinski definition) is 7.